The van der Waals surface area contributed by atoms with Crippen LogP contribution >= 0.6 is 0 Å². The fourth-order valence-electron chi connectivity index (χ4n) is 2.93. The van der Waals surface area contributed by atoms with Crippen LogP contribution in [-0.4, -0.2) is 68.4 Å². The summed E-state index contributed by atoms with van der Waals surface area (Å²) >= 11 is 0. The Morgan fingerprint density at radius 3 is 2.44 bits per heavy atom. The summed E-state index contributed by atoms with van der Waals surface area (Å²) in [7, 11) is 3.47. The molecule has 1 unspecified atom stereocenters. The van der Waals surface area contributed by atoms with Crippen LogP contribution in [0.15, 0.2) is 42.1 Å². The molecule has 0 radical (unpaired) electrons. The van der Waals surface area contributed by atoms with Gasteiger partial charge in [0.15, 0.2) is 5.78 Å². The fraction of sp³-hybridized carbons (Fsp3) is 0.474. The van der Waals surface area contributed by atoms with Gasteiger partial charge >= 0.3 is 5.97 Å². The minimum absolute atomic E-state index is 0.152. The average molecular weight is 345 g/mol. The third kappa shape index (κ3) is 5.99. The molecule has 1 aliphatic rings. The summed E-state index contributed by atoms with van der Waals surface area (Å²) in [5, 5.41) is 0. The Morgan fingerprint density at radius 1 is 1.20 bits per heavy atom. The maximum atomic E-state index is 12.2. The van der Waals surface area contributed by atoms with Crippen molar-refractivity contribution < 1.29 is 14.3 Å². The van der Waals surface area contributed by atoms with Gasteiger partial charge in [-0.05, 0) is 7.05 Å². The van der Waals surface area contributed by atoms with Gasteiger partial charge in [-0.2, -0.15) is 0 Å². The van der Waals surface area contributed by atoms with E-state index < -0.39 is 0 Å². The zero-order valence-electron chi connectivity index (χ0n) is 15.0. The molecule has 0 spiro atoms. The van der Waals surface area contributed by atoms with Gasteiger partial charge in [-0.25, -0.2) is 0 Å². The molecule has 1 fully saturated rings. The van der Waals surface area contributed by atoms with Crippen molar-refractivity contribution in [1.29, 1.82) is 0 Å². The minimum Gasteiger partial charge on any atom is -0.469 e. The Kier molecular flexibility index (Phi) is 7.16. The molecule has 1 atom stereocenters. The van der Waals surface area contributed by atoms with E-state index >= 15 is 0 Å². The fourth-order valence-corrected chi connectivity index (χ4v) is 2.93. The van der Waals surface area contributed by atoms with Crippen LogP contribution in [0.25, 0.3) is 0 Å². The number of methoxy groups -OCH3 is 1. The van der Waals surface area contributed by atoms with E-state index in [-0.39, 0.29) is 17.7 Å². The van der Waals surface area contributed by atoms with Crippen molar-refractivity contribution in [2.75, 3.05) is 46.9 Å². The number of hydrogen-bond acceptors (Lipinski definition) is 6. The zero-order chi connectivity index (χ0) is 18.2. The van der Waals surface area contributed by atoms with Gasteiger partial charge in [-0.15, -0.1) is 0 Å². The van der Waals surface area contributed by atoms with E-state index in [4.69, 9.17) is 10.5 Å². The van der Waals surface area contributed by atoms with Crippen LogP contribution < -0.4 is 5.73 Å². The van der Waals surface area contributed by atoms with E-state index in [1.54, 1.807) is 12.1 Å². The topological polar surface area (TPSA) is 75.9 Å². The van der Waals surface area contributed by atoms with E-state index in [2.05, 4.69) is 16.8 Å². The normalized spacial score (nSPS) is 17.9. The SMILES string of the molecule is COC(=O)C(C/C(N)=C/C(=O)c1ccccc1)CN1CCN(C)CC1. The maximum absolute atomic E-state index is 12.2. The molecule has 136 valence electrons. The number of piperazine rings is 1. The average Bonchev–Trinajstić information content (AvgIpc) is 2.63. The van der Waals surface area contributed by atoms with Crippen molar-refractivity contribution in [2.24, 2.45) is 11.7 Å². The molecule has 1 heterocycles. The molecule has 1 aromatic carbocycles. The van der Waals surface area contributed by atoms with Crippen LogP contribution in [0.2, 0.25) is 0 Å². The lowest BCUT2D eigenvalue weighted by atomic mass is 10.0. The van der Waals surface area contributed by atoms with Crippen molar-refractivity contribution in [2.45, 2.75) is 6.42 Å². The first-order valence-electron chi connectivity index (χ1n) is 8.53. The van der Waals surface area contributed by atoms with Crippen molar-refractivity contribution in [1.82, 2.24) is 9.80 Å². The first-order chi connectivity index (χ1) is 12.0. The number of nitrogens with two attached hydrogens (primary N) is 1. The third-order valence-electron chi connectivity index (χ3n) is 4.47. The van der Waals surface area contributed by atoms with E-state index in [0.29, 0.717) is 24.2 Å². The van der Waals surface area contributed by atoms with Crippen LogP contribution in [0, 0.1) is 5.92 Å². The molecule has 1 aromatic rings. The number of carbonyl (C=O) groups excluding carboxylic acids is 2. The van der Waals surface area contributed by atoms with Crippen LogP contribution in [0.1, 0.15) is 16.8 Å². The quantitative estimate of drug-likeness (QED) is 0.454. The second kappa shape index (κ2) is 9.34. The lowest BCUT2D eigenvalue weighted by Crippen LogP contribution is -2.47. The monoisotopic (exact) mass is 345 g/mol. The third-order valence-corrected chi connectivity index (χ3v) is 4.47. The van der Waals surface area contributed by atoms with Gasteiger partial charge in [0.1, 0.15) is 0 Å². The molecular formula is C19H27N3O3. The number of nitrogens with zero attached hydrogens (tertiary/aromatic N) is 2. The Labute approximate surface area is 149 Å². The highest BCUT2D eigenvalue weighted by molar-refractivity contribution is 6.04. The van der Waals surface area contributed by atoms with Gasteiger partial charge in [0.05, 0.1) is 13.0 Å². The highest BCUT2D eigenvalue weighted by Crippen LogP contribution is 2.15. The molecule has 0 saturated carbocycles. The minimum atomic E-state index is -0.367. The molecule has 0 amide bonds. The highest BCUT2D eigenvalue weighted by Gasteiger charge is 2.25. The lowest BCUT2D eigenvalue weighted by molar-refractivity contribution is -0.146. The molecule has 2 rings (SSSR count). The van der Waals surface area contributed by atoms with Gasteiger partial charge in [0.2, 0.25) is 0 Å². The molecular weight excluding hydrogens is 318 g/mol. The molecule has 0 bridgehead atoms. The van der Waals surface area contributed by atoms with Gasteiger partial charge in [0, 0.05) is 56.5 Å². The molecule has 25 heavy (non-hydrogen) atoms. The number of rotatable bonds is 7. The van der Waals surface area contributed by atoms with Crippen molar-refractivity contribution in [3.63, 3.8) is 0 Å². The van der Waals surface area contributed by atoms with E-state index in [1.807, 2.05) is 18.2 Å². The number of ether oxygens (including phenoxy) is 1. The van der Waals surface area contributed by atoms with Crippen molar-refractivity contribution in [3.8, 4) is 0 Å². The van der Waals surface area contributed by atoms with Gasteiger partial charge in [-0.3, -0.25) is 14.5 Å². The summed E-state index contributed by atoms with van der Waals surface area (Å²) in [6.07, 6.45) is 1.73. The molecule has 1 aliphatic heterocycles. The van der Waals surface area contributed by atoms with Crippen molar-refractivity contribution >= 4 is 11.8 Å². The molecule has 6 heteroatoms. The lowest BCUT2D eigenvalue weighted by Gasteiger charge is -2.34. The zero-order valence-corrected chi connectivity index (χ0v) is 15.0. The van der Waals surface area contributed by atoms with E-state index in [9.17, 15) is 9.59 Å². The van der Waals surface area contributed by atoms with Crippen LogP contribution in [0.4, 0.5) is 0 Å². The summed E-state index contributed by atoms with van der Waals surface area (Å²) in [6, 6.07) is 8.96. The maximum Gasteiger partial charge on any atom is 0.310 e. The number of carbonyl (C=O) groups is 2. The van der Waals surface area contributed by atoms with Crippen LogP contribution in [-0.2, 0) is 9.53 Å². The molecule has 1 saturated heterocycles. The van der Waals surface area contributed by atoms with Crippen LogP contribution in [0.3, 0.4) is 0 Å². The number of benzene rings is 1. The Balaban J connectivity index is 1.99. The second-order valence-corrected chi connectivity index (χ2v) is 6.48. The standard InChI is InChI=1S/C19H27N3O3/c1-21-8-10-22(11-9-21)14-16(19(24)25-2)12-17(20)13-18(23)15-6-4-3-5-7-15/h3-7,13,16H,8-12,14,20H2,1-2H3/b17-13-. The molecule has 2 N–H and O–H groups in total. The van der Waals surface area contributed by atoms with E-state index in [0.717, 1.165) is 26.2 Å². The smallest absolute Gasteiger partial charge is 0.310 e. The van der Waals surface area contributed by atoms with Crippen LogP contribution in [0.5, 0.6) is 0 Å². The highest BCUT2D eigenvalue weighted by atomic mass is 16.5. The summed E-state index contributed by atoms with van der Waals surface area (Å²) in [6.45, 7) is 4.37. The molecule has 0 aliphatic carbocycles. The Hall–Kier alpha value is -2.18. The largest absolute Gasteiger partial charge is 0.469 e. The number of allylic oxidation sites excluding steroid dienone is 2. The first-order valence-corrected chi connectivity index (χ1v) is 8.53. The number of hydrogen-bond donors (Lipinski definition) is 1. The predicted octanol–water partition coefficient (Wildman–Crippen LogP) is 1.14. The second-order valence-electron chi connectivity index (χ2n) is 6.48. The first kappa shape index (κ1) is 19.1. The van der Waals surface area contributed by atoms with Gasteiger partial charge < -0.3 is 15.4 Å². The van der Waals surface area contributed by atoms with Crippen molar-refractivity contribution in [3.05, 3.63) is 47.7 Å². The van der Waals surface area contributed by atoms with Gasteiger partial charge in [0.25, 0.3) is 0 Å². The van der Waals surface area contributed by atoms with Gasteiger partial charge in [-0.1, -0.05) is 30.3 Å². The summed E-state index contributed by atoms with van der Waals surface area (Å²) < 4.78 is 4.92. The number of likely N-dealkylation sites (N-methyl/N-ethyl adjacent to an activating group) is 1. The molecule has 6 nitrogen and oxygen atoms in total. The molecule has 0 aromatic heterocycles. The van der Waals surface area contributed by atoms with E-state index in [1.165, 1.54) is 13.2 Å². The summed E-state index contributed by atoms with van der Waals surface area (Å²) in [5.74, 6) is -0.808. The summed E-state index contributed by atoms with van der Waals surface area (Å²) in [4.78, 5) is 28.8. The number of ketones is 1. The predicted molar refractivity (Wildman–Crippen MR) is 97.1 cm³/mol. The summed E-state index contributed by atoms with van der Waals surface area (Å²) in [5.41, 5.74) is 7.02. The number of esters is 1. The Bertz CT molecular complexity index is 608. The Morgan fingerprint density at radius 2 is 1.84 bits per heavy atom.